The maximum atomic E-state index is 12.6. The molecule has 4 nitrogen and oxygen atoms in total. The predicted octanol–water partition coefficient (Wildman–Crippen LogP) is 2.87. The molecule has 0 bridgehead atoms. The van der Waals surface area contributed by atoms with E-state index in [1.165, 1.54) is 0 Å². The van der Waals surface area contributed by atoms with Gasteiger partial charge in [0.2, 0.25) is 0 Å². The minimum absolute atomic E-state index is 0.0309. The molecule has 0 aliphatic heterocycles. The Morgan fingerprint density at radius 3 is 2.76 bits per heavy atom. The number of nitrogen functional groups attached to an aromatic ring is 1. The van der Waals surface area contributed by atoms with Gasteiger partial charge in [-0.25, -0.2) is 4.98 Å². The van der Waals surface area contributed by atoms with E-state index in [0.29, 0.717) is 17.7 Å². The van der Waals surface area contributed by atoms with Crippen molar-refractivity contribution in [3.8, 4) is 5.69 Å². The lowest BCUT2D eigenvalue weighted by Gasteiger charge is -2.30. The molecule has 1 aromatic carbocycles. The highest BCUT2D eigenvalue weighted by molar-refractivity contribution is 6.39. The van der Waals surface area contributed by atoms with Gasteiger partial charge in [-0.15, -0.1) is 0 Å². The Kier molecular flexibility index (Phi) is 3.33. The van der Waals surface area contributed by atoms with Crippen molar-refractivity contribution in [2.24, 2.45) is 5.41 Å². The van der Waals surface area contributed by atoms with Gasteiger partial charge in [0.15, 0.2) is 5.78 Å². The minimum atomic E-state index is -0.0309. The van der Waals surface area contributed by atoms with Crippen molar-refractivity contribution >= 4 is 35.7 Å². The van der Waals surface area contributed by atoms with Crippen molar-refractivity contribution in [3.63, 3.8) is 0 Å². The molecule has 0 saturated carbocycles. The van der Waals surface area contributed by atoms with Crippen LogP contribution in [0.1, 0.15) is 41.9 Å². The Morgan fingerprint density at radius 2 is 2.00 bits per heavy atom. The lowest BCUT2D eigenvalue weighted by atomic mass is 9.75. The van der Waals surface area contributed by atoms with Crippen LogP contribution in [-0.2, 0) is 6.42 Å². The number of ketones is 1. The Bertz CT molecular complexity index is 1030. The Hall–Kier alpha value is -2.56. The standard InChI is InChI=1S/C20H20BN3O/c1-11-10-24(16-7-20(2,3)8-17(25)18(11)16)12-4-5-13-14(6-12)15(21)9-23-19(13)22/h4-6,9-10H,7-8H2,1-3H3,(H2,22,23). The first-order valence-electron chi connectivity index (χ1n) is 8.45. The Morgan fingerprint density at radius 1 is 1.24 bits per heavy atom. The van der Waals surface area contributed by atoms with E-state index in [1.807, 2.05) is 31.3 Å². The molecular formula is C20H20BN3O. The summed E-state index contributed by atoms with van der Waals surface area (Å²) in [5, 5.41) is 1.73. The number of Topliss-reactive ketones (excluding diaryl/α,β-unsaturated/α-hetero) is 1. The highest BCUT2D eigenvalue weighted by Gasteiger charge is 2.34. The summed E-state index contributed by atoms with van der Waals surface area (Å²) in [5.41, 5.74) is 10.5. The molecule has 124 valence electrons. The second-order valence-electron chi connectivity index (χ2n) is 7.77. The molecule has 0 saturated heterocycles. The lowest BCUT2D eigenvalue weighted by molar-refractivity contribution is 0.0910. The molecule has 1 aliphatic rings. The van der Waals surface area contributed by atoms with Crippen LogP contribution in [0.5, 0.6) is 0 Å². The van der Waals surface area contributed by atoms with Crippen LogP contribution < -0.4 is 11.2 Å². The number of nitrogens with zero attached hydrogens (tertiary/aromatic N) is 2. The number of aryl methyl sites for hydroxylation is 1. The average molecular weight is 329 g/mol. The van der Waals surface area contributed by atoms with E-state index < -0.39 is 0 Å². The monoisotopic (exact) mass is 329 g/mol. The molecule has 2 N–H and O–H groups in total. The summed E-state index contributed by atoms with van der Waals surface area (Å²) in [5.74, 6) is 0.703. The van der Waals surface area contributed by atoms with E-state index in [2.05, 4.69) is 23.4 Å². The number of carbonyl (C=O) groups is 1. The van der Waals surface area contributed by atoms with Crippen molar-refractivity contribution in [3.05, 3.63) is 47.4 Å². The van der Waals surface area contributed by atoms with Gasteiger partial charge in [-0.2, -0.15) is 0 Å². The minimum Gasteiger partial charge on any atom is -0.383 e. The summed E-state index contributed by atoms with van der Waals surface area (Å²) in [6.07, 6.45) is 5.10. The number of anilines is 1. The molecule has 4 rings (SSSR count). The number of hydrogen-bond acceptors (Lipinski definition) is 3. The second kappa shape index (κ2) is 5.22. The maximum Gasteiger partial charge on any atom is 0.165 e. The summed E-state index contributed by atoms with van der Waals surface area (Å²) in [6.45, 7) is 6.29. The highest BCUT2D eigenvalue weighted by atomic mass is 16.1. The maximum absolute atomic E-state index is 12.6. The number of aromatic nitrogens is 2. The lowest BCUT2D eigenvalue weighted by Crippen LogP contribution is -2.28. The van der Waals surface area contributed by atoms with E-state index in [9.17, 15) is 4.79 Å². The molecule has 0 unspecified atom stereocenters. The summed E-state index contributed by atoms with van der Waals surface area (Å²) in [7, 11) is 6.10. The second-order valence-corrected chi connectivity index (χ2v) is 7.77. The van der Waals surface area contributed by atoms with E-state index >= 15 is 0 Å². The zero-order valence-corrected chi connectivity index (χ0v) is 14.8. The molecule has 2 radical (unpaired) electrons. The van der Waals surface area contributed by atoms with Crippen LogP contribution in [0.25, 0.3) is 16.5 Å². The Labute approximate surface area is 148 Å². The molecule has 1 aliphatic carbocycles. The largest absolute Gasteiger partial charge is 0.383 e. The van der Waals surface area contributed by atoms with Gasteiger partial charge in [0.1, 0.15) is 13.7 Å². The van der Waals surface area contributed by atoms with Gasteiger partial charge >= 0.3 is 0 Å². The zero-order chi connectivity index (χ0) is 17.9. The van der Waals surface area contributed by atoms with Crippen LogP contribution in [-0.4, -0.2) is 23.2 Å². The van der Waals surface area contributed by atoms with Gasteiger partial charge in [0, 0.05) is 41.1 Å². The van der Waals surface area contributed by atoms with Gasteiger partial charge < -0.3 is 10.3 Å². The number of fused-ring (bicyclic) bond motifs is 2. The third-order valence-electron chi connectivity index (χ3n) is 5.07. The van der Waals surface area contributed by atoms with Crippen molar-refractivity contribution in [1.82, 2.24) is 9.55 Å². The number of benzene rings is 1. The quantitative estimate of drug-likeness (QED) is 0.699. The van der Waals surface area contributed by atoms with Crippen LogP contribution in [0.4, 0.5) is 5.82 Å². The smallest absolute Gasteiger partial charge is 0.165 e. The molecule has 0 spiro atoms. The van der Waals surface area contributed by atoms with Gasteiger partial charge in [-0.05, 0) is 47.9 Å². The zero-order valence-electron chi connectivity index (χ0n) is 14.8. The van der Waals surface area contributed by atoms with Crippen LogP contribution in [0, 0.1) is 12.3 Å². The van der Waals surface area contributed by atoms with Gasteiger partial charge in [0.25, 0.3) is 0 Å². The average Bonchev–Trinajstić information content (AvgIpc) is 2.86. The van der Waals surface area contributed by atoms with E-state index in [1.54, 1.807) is 6.20 Å². The van der Waals surface area contributed by atoms with Crippen LogP contribution in [0.3, 0.4) is 0 Å². The number of pyridine rings is 1. The molecule has 5 heteroatoms. The fourth-order valence-corrected chi connectivity index (χ4v) is 3.93. The molecule has 0 fully saturated rings. The first kappa shape index (κ1) is 15.9. The van der Waals surface area contributed by atoms with Crippen molar-refractivity contribution < 1.29 is 4.79 Å². The number of carbonyl (C=O) groups excluding carboxylic acids is 1. The molecule has 25 heavy (non-hydrogen) atoms. The van der Waals surface area contributed by atoms with Gasteiger partial charge in [-0.3, -0.25) is 4.79 Å². The van der Waals surface area contributed by atoms with E-state index in [0.717, 1.165) is 39.7 Å². The molecule has 0 amide bonds. The summed E-state index contributed by atoms with van der Waals surface area (Å²) in [6, 6.07) is 5.97. The summed E-state index contributed by atoms with van der Waals surface area (Å²) in [4.78, 5) is 16.7. The van der Waals surface area contributed by atoms with Gasteiger partial charge in [0.05, 0.1) is 0 Å². The first-order chi connectivity index (χ1) is 11.8. The molecule has 0 atom stereocenters. The normalized spacial score (nSPS) is 16.2. The summed E-state index contributed by atoms with van der Waals surface area (Å²) >= 11 is 0. The van der Waals surface area contributed by atoms with E-state index in [4.69, 9.17) is 13.6 Å². The molecular weight excluding hydrogens is 309 g/mol. The summed E-state index contributed by atoms with van der Waals surface area (Å²) < 4.78 is 2.12. The van der Waals surface area contributed by atoms with Gasteiger partial charge in [-0.1, -0.05) is 19.3 Å². The third-order valence-corrected chi connectivity index (χ3v) is 5.07. The number of nitrogens with two attached hydrogens (primary N) is 1. The number of rotatable bonds is 1. The Balaban J connectivity index is 1.95. The van der Waals surface area contributed by atoms with Crippen LogP contribution in [0.15, 0.2) is 30.6 Å². The highest BCUT2D eigenvalue weighted by Crippen LogP contribution is 2.38. The van der Waals surface area contributed by atoms with Crippen LogP contribution >= 0.6 is 0 Å². The molecule has 3 aromatic rings. The van der Waals surface area contributed by atoms with Crippen molar-refractivity contribution in [2.45, 2.75) is 33.6 Å². The topological polar surface area (TPSA) is 60.9 Å². The van der Waals surface area contributed by atoms with Crippen LogP contribution in [0.2, 0.25) is 0 Å². The fraction of sp³-hybridized carbons (Fsp3) is 0.300. The first-order valence-corrected chi connectivity index (χ1v) is 8.45. The third kappa shape index (κ3) is 2.46. The SMILES string of the molecule is [B]c1cnc(N)c2ccc(-n3cc(C)c4c3CC(C)(C)CC4=O)cc12. The predicted molar refractivity (Wildman–Crippen MR) is 102 cm³/mol. The molecule has 2 aromatic heterocycles. The van der Waals surface area contributed by atoms with Crippen molar-refractivity contribution in [1.29, 1.82) is 0 Å². The number of hydrogen-bond donors (Lipinski definition) is 1. The van der Waals surface area contributed by atoms with Crippen molar-refractivity contribution in [2.75, 3.05) is 5.73 Å². The van der Waals surface area contributed by atoms with E-state index in [-0.39, 0.29) is 11.2 Å². The fourth-order valence-electron chi connectivity index (χ4n) is 3.93. The molecule has 2 heterocycles.